The van der Waals surface area contributed by atoms with Crippen LogP contribution in [0.5, 0.6) is 0 Å². The van der Waals surface area contributed by atoms with Crippen molar-refractivity contribution in [1.82, 2.24) is 19.9 Å². The lowest BCUT2D eigenvalue weighted by Gasteiger charge is -2.06. The molecule has 6 heteroatoms. The maximum Gasteiger partial charge on any atom is 0.277 e. The topological polar surface area (TPSA) is 79.8 Å². The molecule has 1 amide bonds. The van der Waals surface area contributed by atoms with E-state index < -0.39 is 0 Å². The minimum atomic E-state index is -0.146. The van der Waals surface area contributed by atoms with E-state index in [1.165, 1.54) is 10.9 Å². The first-order valence-electron chi connectivity index (χ1n) is 7.84. The van der Waals surface area contributed by atoms with Crippen LogP contribution in [-0.2, 0) is 11.3 Å². The van der Waals surface area contributed by atoms with Crippen LogP contribution in [0.3, 0.4) is 0 Å². The molecular weight excluding hydrogens is 292 g/mol. The summed E-state index contributed by atoms with van der Waals surface area (Å²) < 4.78 is 1.48. The predicted molar refractivity (Wildman–Crippen MR) is 90.5 cm³/mol. The van der Waals surface area contributed by atoms with Gasteiger partial charge in [0, 0.05) is 30.4 Å². The Balaban J connectivity index is 1.91. The van der Waals surface area contributed by atoms with E-state index in [9.17, 15) is 9.59 Å². The summed E-state index contributed by atoms with van der Waals surface area (Å²) in [5, 5.41) is 3.75. The van der Waals surface area contributed by atoms with Crippen LogP contribution in [0.25, 0.3) is 21.9 Å². The summed E-state index contributed by atoms with van der Waals surface area (Å²) in [6.07, 6.45) is 2.69. The molecule has 120 valence electrons. The molecule has 3 rings (SSSR count). The van der Waals surface area contributed by atoms with Gasteiger partial charge in [-0.2, -0.15) is 0 Å². The van der Waals surface area contributed by atoms with Crippen LogP contribution in [-0.4, -0.2) is 27.0 Å². The SMILES string of the molecule is CCCNC(=O)CCn1cnc2c([nH]c3ccc(C)cc32)c1=O. The van der Waals surface area contributed by atoms with Crippen LogP contribution >= 0.6 is 0 Å². The maximum absolute atomic E-state index is 12.6. The van der Waals surface area contributed by atoms with Crippen molar-refractivity contribution >= 4 is 27.8 Å². The van der Waals surface area contributed by atoms with Gasteiger partial charge in [0.25, 0.3) is 5.56 Å². The number of aryl methyl sites for hydroxylation is 2. The third kappa shape index (κ3) is 2.97. The van der Waals surface area contributed by atoms with Crippen molar-refractivity contribution in [3.63, 3.8) is 0 Å². The number of hydrogen-bond acceptors (Lipinski definition) is 3. The van der Waals surface area contributed by atoms with Gasteiger partial charge in [-0.25, -0.2) is 4.98 Å². The van der Waals surface area contributed by atoms with Crippen molar-refractivity contribution in [2.45, 2.75) is 33.2 Å². The first-order valence-corrected chi connectivity index (χ1v) is 7.84. The molecular formula is C17H20N4O2. The van der Waals surface area contributed by atoms with Crippen molar-refractivity contribution in [3.05, 3.63) is 40.4 Å². The first kappa shape index (κ1) is 15.3. The number of fused-ring (bicyclic) bond motifs is 3. The van der Waals surface area contributed by atoms with Gasteiger partial charge in [0.2, 0.25) is 5.91 Å². The molecule has 3 aromatic rings. The molecule has 23 heavy (non-hydrogen) atoms. The third-order valence-electron chi connectivity index (χ3n) is 3.88. The van der Waals surface area contributed by atoms with Crippen LogP contribution in [0.2, 0.25) is 0 Å². The van der Waals surface area contributed by atoms with Gasteiger partial charge >= 0.3 is 0 Å². The number of nitrogens with zero attached hydrogens (tertiary/aromatic N) is 2. The number of benzene rings is 1. The first-order chi connectivity index (χ1) is 11.1. The second-order valence-corrected chi connectivity index (χ2v) is 5.74. The Morgan fingerprint density at radius 1 is 1.39 bits per heavy atom. The molecule has 2 N–H and O–H groups in total. The lowest BCUT2D eigenvalue weighted by molar-refractivity contribution is -0.121. The number of carbonyl (C=O) groups is 1. The van der Waals surface area contributed by atoms with Gasteiger partial charge in [-0.1, -0.05) is 18.6 Å². The second-order valence-electron chi connectivity index (χ2n) is 5.74. The van der Waals surface area contributed by atoms with Crippen LogP contribution in [0.4, 0.5) is 0 Å². The minimum Gasteiger partial charge on any atom is -0.356 e. The average Bonchev–Trinajstić information content (AvgIpc) is 2.91. The largest absolute Gasteiger partial charge is 0.356 e. The van der Waals surface area contributed by atoms with Crippen LogP contribution in [0.15, 0.2) is 29.3 Å². The Hall–Kier alpha value is -2.63. The van der Waals surface area contributed by atoms with E-state index in [0.717, 1.165) is 22.9 Å². The monoisotopic (exact) mass is 312 g/mol. The highest BCUT2D eigenvalue weighted by molar-refractivity contribution is 6.04. The van der Waals surface area contributed by atoms with E-state index in [2.05, 4.69) is 15.3 Å². The quantitative estimate of drug-likeness (QED) is 0.757. The number of aromatic amines is 1. The number of rotatable bonds is 5. The van der Waals surface area contributed by atoms with Gasteiger partial charge in [0.15, 0.2) is 0 Å². The van der Waals surface area contributed by atoms with E-state index in [4.69, 9.17) is 0 Å². The zero-order valence-corrected chi connectivity index (χ0v) is 13.3. The Labute approximate surface area is 133 Å². The highest BCUT2D eigenvalue weighted by atomic mass is 16.1. The standard InChI is InChI=1S/C17H20N4O2/c1-3-7-18-14(22)6-8-21-10-19-15-12-9-11(2)4-5-13(12)20-16(15)17(21)23/h4-5,9-10,20H,3,6-8H2,1-2H3,(H,18,22). The molecule has 0 aliphatic rings. The molecule has 0 aliphatic heterocycles. The van der Waals surface area contributed by atoms with Crippen LogP contribution in [0.1, 0.15) is 25.3 Å². The number of amides is 1. The predicted octanol–water partition coefficient (Wildman–Crippen LogP) is 2.10. The summed E-state index contributed by atoms with van der Waals surface area (Å²) in [5.74, 6) is -0.0499. The Kier molecular flexibility index (Phi) is 4.14. The van der Waals surface area contributed by atoms with Gasteiger partial charge in [0.05, 0.1) is 6.33 Å². The number of nitrogens with one attached hydrogen (secondary N) is 2. The van der Waals surface area contributed by atoms with Crippen molar-refractivity contribution in [2.24, 2.45) is 0 Å². The summed E-state index contributed by atoms with van der Waals surface area (Å²) in [6.45, 7) is 4.99. The fourth-order valence-electron chi connectivity index (χ4n) is 2.64. The number of hydrogen-bond donors (Lipinski definition) is 2. The van der Waals surface area contributed by atoms with Gasteiger partial charge in [0.1, 0.15) is 11.0 Å². The van der Waals surface area contributed by atoms with Crippen molar-refractivity contribution in [1.29, 1.82) is 0 Å². The number of H-pyrrole nitrogens is 1. The Morgan fingerprint density at radius 2 is 2.22 bits per heavy atom. The number of carbonyl (C=O) groups excluding carboxylic acids is 1. The van der Waals surface area contributed by atoms with E-state index in [-0.39, 0.29) is 17.9 Å². The molecule has 6 nitrogen and oxygen atoms in total. The summed E-state index contributed by atoms with van der Waals surface area (Å²) >= 11 is 0. The smallest absolute Gasteiger partial charge is 0.277 e. The fraction of sp³-hybridized carbons (Fsp3) is 0.353. The van der Waals surface area contributed by atoms with Crippen LogP contribution in [0, 0.1) is 6.92 Å². The zero-order chi connectivity index (χ0) is 16.4. The molecule has 2 aromatic heterocycles. The van der Waals surface area contributed by atoms with Gasteiger partial charge in [-0.05, 0) is 25.5 Å². The molecule has 0 radical (unpaired) electrons. The van der Waals surface area contributed by atoms with Crippen molar-refractivity contribution in [3.8, 4) is 0 Å². The molecule has 0 saturated carbocycles. The van der Waals surface area contributed by atoms with Crippen LogP contribution < -0.4 is 10.9 Å². The average molecular weight is 312 g/mol. The zero-order valence-electron chi connectivity index (χ0n) is 13.3. The fourth-order valence-corrected chi connectivity index (χ4v) is 2.64. The molecule has 0 spiro atoms. The highest BCUT2D eigenvalue weighted by Gasteiger charge is 2.11. The van der Waals surface area contributed by atoms with E-state index in [0.29, 0.717) is 24.1 Å². The Bertz CT molecular complexity index is 923. The summed E-state index contributed by atoms with van der Waals surface area (Å²) in [7, 11) is 0. The molecule has 1 aromatic carbocycles. The highest BCUT2D eigenvalue weighted by Crippen LogP contribution is 2.22. The summed E-state index contributed by atoms with van der Waals surface area (Å²) in [4.78, 5) is 31.8. The molecule has 2 heterocycles. The molecule has 0 fully saturated rings. The third-order valence-corrected chi connectivity index (χ3v) is 3.88. The van der Waals surface area contributed by atoms with E-state index in [1.54, 1.807) is 0 Å². The lowest BCUT2D eigenvalue weighted by atomic mass is 10.2. The van der Waals surface area contributed by atoms with Gasteiger partial charge in [-0.15, -0.1) is 0 Å². The lowest BCUT2D eigenvalue weighted by Crippen LogP contribution is -2.28. The summed E-state index contributed by atoms with van der Waals surface area (Å²) in [5.41, 5.74) is 3.04. The molecule has 0 unspecified atom stereocenters. The summed E-state index contributed by atoms with van der Waals surface area (Å²) in [6, 6.07) is 5.96. The van der Waals surface area contributed by atoms with E-state index in [1.807, 2.05) is 32.0 Å². The number of aromatic nitrogens is 3. The van der Waals surface area contributed by atoms with E-state index >= 15 is 0 Å². The van der Waals surface area contributed by atoms with Gasteiger partial charge < -0.3 is 10.3 Å². The van der Waals surface area contributed by atoms with Gasteiger partial charge in [-0.3, -0.25) is 14.2 Å². The van der Waals surface area contributed by atoms with Crippen molar-refractivity contribution in [2.75, 3.05) is 6.54 Å². The molecule has 0 bridgehead atoms. The Morgan fingerprint density at radius 3 is 3.00 bits per heavy atom. The maximum atomic E-state index is 12.6. The molecule has 0 aliphatic carbocycles. The normalized spacial score (nSPS) is 11.2. The second kappa shape index (κ2) is 6.24. The minimum absolute atomic E-state index is 0.0499. The molecule has 0 saturated heterocycles. The molecule has 0 atom stereocenters. The van der Waals surface area contributed by atoms with Crippen molar-refractivity contribution < 1.29 is 4.79 Å².